The molecular formula is C20H32ClIN4O3. The Balaban J connectivity index is 0.00000300. The normalized spacial score (nSPS) is 18.0. The van der Waals surface area contributed by atoms with Gasteiger partial charge in [0.1, 0.15) is 13.2 Å². The molecule has 1 fully saturated rings. The van der Waals surface area contributed by atoms with Crippen LogP contribution in [0.3, 0.4) is 0 Å². The van der Waals surface area contributed by atoms with Gasteiger partial charge in [-0.2, -0.15) is 0 Å². The highest BCUT2D eigenvalue weighted by Crippen LogP contribution is 2.38. The Hall–Kier alpha value is -0.970. The fourth-order valence-corrected chi connectivity index (χ4v) is 3.62. The van der Waals surface area contributed by atoms with Crippen molar-refractivity contribution in [3.05, 3.63) is 22.7 Å². The first kappa shape index (κ1) is 24.3. The SMILES string of the molecule is CCNC(=NCC(C)N1CCOCC1)NCCc1cc(Cl)c2c(c1)OCCO2.I. The third-order valence-corrected chi connectivity index (χ3v) is 5.17. The van der Waals surface area contributed by atoms with Crippen LogP contribution in [0.25, 0.3) is 0 Å². The molecule has 9 heteroatoms. The van der Waals surface area contributed by atoms with Gasteiger partial charge in [-0.15, -0.1) is 24.0 Å². The standard InChI is InChI=1S/C20H31ClN4O3.HI/c1-3-22-20(24-14-15(2)25-6-8-26-9-7-25)23-5-4-16-12-17(21)19-18(13-16)27-10-11-28-19;/h12-13,15H,3-11,14H2,1-2H3,(H2,22,23,24);1H. The van der Waals surface area contributed by atoms with Crippen LogP contribution >= 0.6 is 35.6 Å². The molecule has 1 atom stereocenters. The molecule has 2 aliphatic heterocycles. The van der Waals surface area contributed by atoms with Gasteiger partial charge in [-0.25, -0.2) is 0 Å². The van der Waals surface area contributed by atoms with Crippen molar-refractivity contribution in [2.24, 2.45) is 4.99 Å². The summed E-state index contributed by atoms with van der Waals surface area (Å²) in [4.78, 5) is 7.17. The summed E-state index contributed by atoms with van der Waals surface area (Å²) in [6, 6.07) is 4.35. The highest BCUT2D eigenvalue weighted by Gasteiger charge is 2.17. The number of hydrogen-bond donors (Lipinski definition) is 2. The molecule has 0 radical (unpaired) electrons. The van der Waals surface area contributed by atoms with E-state index in [-0.39, 0.29) is 24.0 Å². The van der Waals surface area contributed by atoms with Gasteiger partial charge in [-0.1, -0.05) is 11.6 Å². The lowest BCUT2D eigenvalue weighted by atomic mass is 10.1. The van der Waals surface area contributed by atoms with Crippen molar-refractivity contribution < 1.29 is 14.2 Å². The summed E-state index contributed by atoms with van der Waals surface area (Å²) in [6.07, 6.45) is 0.819. The van der Waals surface area contributed by atoms with Gasteiger partial charge in [0.25, 0.3) is 0 Å². The fraction of sp³-hybridized carbons (Fsp3) is 0.650. The van der Waals surface area contributed by atoms with Crippen molar-refractivity contribution in [1.29, 1.82) is 0 Å². The molecule has 0 bridgehead atoms. The van der Waals surface area contributed by atoms with E-state index in [1.807, 2.05) is 12.1 Å². The summed E-state index contributed by atoms with van der Waals surface area (Å²) in [5.74, 6) is 2.22. The number of aliphatic imine (C=N–C) groups is 1. The molecule has 3 rings (SSSR count). The van der Waals surface area contributed by atoms with E-state index in [0.717, 1.165) is 69.6 Å². The maximum absolute atomic E-state index is 6.32. The zero-order valence-electron chi connectivity index (χ0n) is 17.2. The summed E-state index contributed by atoms with van der Waals surface area (Å²) in [7, 11) is 0. The number of fused-ring (bicyclic) bond motifs is 1. The van der Waals surface area contributed by atoms with E-state index >= 15 is 0 Å². The minimum atomic E-state index is 0. The first-order chi connectivity index (χ1) is 13.7. The van der Waals surface area contributed by atoms with Crippen LogP contribution in [0.2, 0.25) is 5.02 Å². The summed E-state index contributed by atoms with van der Waals surface area (Å²) in [5.41, 5.74) is 1.11. The van der Waals surface area contributed by atoms with E-state index in [2.05, 4.69) is 29.4 Å². The number of morpholine rings is 1. The van der Waals surface area contributed by atoms with Crippen molar-refractivity contribution in [1.82, 2.24) is 15.5 Å². The van der Waals surface area contributed by atoms with E-state index in [1.165, 1.54) is 0 Å². The monoisotopic (exact) mass is 538 g/mol. The van der Waals surface area contributed by atoms with E-state index < -0.39 is 0 Å². The van der Waals surface area contributed by atoms with Gasteiger partial charge in [0.05, 0.1) is 24.8 Å². The highest BCUT2D eigenvalue weighted by atomic mass is 127. The summed E-state index contributed by atoms with van der Waals surface area (Å²) in [5, 5.41) is 7.32. The average molecular weight is 539 g/mol. The van der Waals surface area contributed by atoms with Gasteiger partial charge in [0.15, 0.2) is 17.5 Å². The Morgan fingerprint density at radius 2 is 1.93 bits per heavy atom. The third-order valence-electron chi connectivity index (χ3n) is 4.89. The lowest BCUT2D eigenvalue weighted by Crippen LogP contribution is -2.44. The minimum Gasteiger partial charge on any atom is -0.486 e. The number of guanidine groups is 1. The average Bonchev–Trinajstić information content (AvgIpc) is 2.72. The van der Waals surface area contributed by atoms with Crippen molar-refractivity contribution in [3.8, 4) is 11.5 Å². The molecule has 7 nitrogen and oxygen atoms in total. The predicted molar refractivity (Wildman–Crippen MR) is 127 cm³/mol. The first-order valence-electron chi connectivity index (χ1n) is 10.1. The van der Waals surface area contributed by atoms with Crippen molar-refractivity contribution in [2.75, 3.05) is 59.2 Å². The second kappa shape index (κ2) is 12.7. The lowest BCUT2D eigenvalue weighted by molar-refractivity contribution is 0.0220. The molecule has 2 N–H and O–H groups in total. The molecule has 0 amide bonds. The van der Waals surface area contributed by atoms with Crippen LogP contribution in [0.1, 0.15) is 19.4 Å². The summed E-state index contributed by atoms with van der Waals surface area (Å²) < 4.78 is 16.7. The van der Waals surface area contributed by atoms with Crippen LogP contribution < -0.4 is 20.1 Å². The van der Waals surface area contributed by atoms with Crippen LogP contribution in [0.5, 0.6) is 11.5 Å². The molecule has 2 aliphatic rings. The van der Waals surface area contributed by atoms with E-state index in [4.69, 9.17) is 30.8 Å². The van der Waals surface area contributed by atoms with Crippen molar-refractivity contribution >= 4 is 41.5 Å². The molecule has 164 valence electrons. The van der Waals surface area contributed by atoms with Crippen LogP contribution in [0, 0.1) is 0 Å². The Morgan fingerprint density at radius 3 is 2.69 bits per heavy atom. The zero-order chi connectivity index (χ0) is 19.8. The molecule has 0 saturated carbocycles. The molecule has 1 aromatic rings. The number of rotatable bonds is 7. The number of nitrogens with zero attached hydrogens (tertiary/aromatic N) is 2. The number of hydrogen-bond acceptors (Lipinski definition) is 5. The van der Waals surface area contributed by atoms with Crippen LogP contribution in [-0.2, 0) is 11.2 Å². The molecule has 0 aliphatic carbocycles. The summed E-state index contributed by atoms with van der Waals surface area (Å²) >= 11 is 6.32. The van der Waals surface area contributed by atoms with E-state index in [0.29, 0.717) is 30.0 Å². The Kier molecular flexibility index (Phi) is 10.6. The summed E-state index contributed by atoms with van der Waals surface area (Å²) in [6.45, 7) is 11.3. The maximum Gasteiger partial charge on any atom is 0.191 e. The molecule has 1 aromatic carbocycles. The molecule has 0 spiro atoms. The van der Waals surface area contributed by atoms with Gasteiger partial charge < -0.3 is 24.8 Å². The van der Waals surface area contributed by atoms with Crippen LogP contribution in [0.4, 0.5) is 0 Å². The molecular weight excluding hydrogens is 507 g/mol. The van der Waals surface area contributed by atoms with Gasteiger partial charge in [-0.3, -0.25) is 9.89 Å². The molecule has 1 unspecified atom stereocenters. The Bertz CT molecular complexity index is 671. The second-order valence-electron chi connectivity index (χ2n) is 7.00. The molecule has 2 heterocycles. The Labute approximate surface area is 195 Å². The van der Waals surface area contributed by atoms with Gasteiger partial charge >= 0.3 is 0 Å². The van der Waals surface area contributed by atoms with Crippen molar-refractivity contribution in [3.63, 3.8) is 0 Å². The smallest absolute Gasteiger partial charge is 0.191 e. The second-order valence-corrected chi connectivity index (χ2v) is 7.40. The van der Waals surface area contributed by atoms with Crippen LogP contribution in [0.15, 0.2) is 17.1 Å². The molecule has 1 saturated heterocycles. The van der Waals surface area contributed by atoms with E-state index in [1.54, 1.807) is 0 Å². The molecule has 0 aromatic heterocycles. The fourth-order valence-electron chi connectivity index (χ4n) is 3.33. The topological polar surface area (TPSA) is 67.4 Å². The zero-order valence-corrected chi connectivity index (χ0v) is 20.3. The van der Waals surface area contributed by atoms with Gasteiger partial charge in [-0.05, 0) is 38.0 Å². The molecule has 29 heavy (non-hydrogen) atoms. The minimum absolute atomic E-state index is 0. The number of ether oxygens (including phenoxy) is 3. The van der Waals surface area contributed by atoms with Crippen LogP contribution in [-0.4, -0.2) is 76.1 Å². The lowest BCUT2D eigenvalue weighted by Gasteiger charge is -2.31. The maximum atomic E-state index is 6.32. The van der Waals surface area contributed by atoms with Gasteiger partial charge in [0.2, 0.25) is 0 Å². The number of nitrogens with one attached hydrogen (secondary N) is 2. The largest absolute Gasteiger partial charge is 0.486 e. The van der Waals surface area contributed by atoms with E-state index in [9.17, 15) is 0 Å². The Morgan fingerprint density at radius 1 is 1.17 bits per heavy atom. The quantitative estimate of drug-likeness (QED) is 0.316. The first-order valence-corrected chi connectivity index (χ1v) is 10.5. The number of halogens is 2. The van der Waals surface area contributed by atoms with Gasteiger partial charge in [0, 0.05) is 32.2 Å². The van der Waals surface area contributed by atoms with Crippen molar-refractivity contribution in [2.45, 2.75) is 26.3 Å². The third kappa shape index (κ3) is 7.34. The number of benzene rings is 1. The highest BCUT2D eigenvalue weighted by molar-refractivity contribution is 14.0. The predicted octanol–water partition coefficient (Wildman–Crippen LogP) is 2.55.